The molecule has 0 bridgehead atoms. The predicted molar refractivity (Wildman–Crippen MR) is 92.0 cm³/mol. The Bertz CT molecular complexity index is 688. The Morgan fingerprint density at radius 2 is 1.87 bits per heavy atom. The number of anilines is 1. The van der Waals surface area contributed by atoms with Gasteiger partial charge in [-0.15, -0.1) is 0 Å². The molecule has 0 radical (unpaired) electrons. The first kappa shape index (κ1) is 15.8. The van der Waals surface area contributed by atoms with Crippen molar-refractivity contribution in [1.29, 1.82) is 0 Å². The molecule has 1 heterocycles. The van der Waals surface area contributed by atoms with Crippen molar-refractivity contribution in [1.82, 2.24) is 0 Å². The van der Waals surface area contributed by atoms with E-state index in [1.165, 1.54) is 11.1 Å². The second-order valence-corrected chi connectivity index (χ2v) is 6.08. The van der Waals surface area contributed by atoms with Gasteiger partial charge in [-0.1, -0.05) is 35.9 Å². The van der Waals surface area contributed by atoms with Gasteiger partial charge >= 0.3 is 6.09 Å². The maximum absolute atomic E-state index is 11.8. The lowest BCUT2D eigenvalue weighted by Crippen LogP contribution is -2.27. The molecular weight excluding hydrogens is 312 g/mol. The van der Waals surface area contributed by atoms with E-state index in [0.717, 1.165) is 23.6 Å². The molecule has 1 amide bonds. The number of hydrogen-bond donors (Lipinski definition) is 1. The number of aryl methyl sites for hydroxylation is 2. The van der Waals surface area contributed by atoms with Gasteiger partial charge < -0.3 is 10.5 Å². The summed E-state index contributed by atoms with van der Waals surface area (Å²) in [6, 6.07) is 15.9. The van der Waals surface area contributed by atoms with E-state index in [4.69, 9.17) is 22.1 Å². The Hall–Kier alpha value is -2.04. The van der Waals surface area contributed by atoms with Crippen LogP contribution in [0.1, 0.15) is 11.1 Å². The molecule has 1 unspecified atom stereocenters. The molecule has 0 saturated carbocycles. The molecular formula is C18H19ClN2O2. The van der Waals surface area contributed by atoms with Crippen molar-refractivity contribution in [3.63, 3.8) is 0 Å². The van der Waals surface area contributed by atoms with Crippen LogP contribution in [0.2, 0.25) is 5.02 Å². The monoisotopic (exact) mass is 330 g/mol. The summed E-state index contributed by atoms with van der Waals surface area (Å²) in [5.74, 6) is 0. The Balaban J connectivity index is 1.62. The highest BCUT2D eigenvalue weighted by Gasteiger charge is 2.31. The van der Waals surface area contributed by atoms with E-state index in [9.17, 15) is 4.79 Å². The standard InChI is InChI=1S/C18H19ClN2O2/c19-15-3-1-2-14(10-15)5-4-13-6-8-16(9-7-13)21-12-17(11-20)23-18(21)22/h1-3,6-10,17H,4-5,11-12,20H2. The minimum atomic E-state index is -0.327. The van der Waals surface area contributed by atoms with Gasteiger partial charge in [0.15, 0.2) is 0 Å². The Morgan fingerprint density at radius 1 is 1.13 bits per heavy atom. The molecule has 0 spiro atoms. The lowest BCUT2D eigenvalue weighted by atomic mass is 10.0. The van der Waals surface area contributed by atoms with E-state index in [2.05, 4.69) is 6.07 Å². The van der Waals surface area contributed by atoms with E-state index in [1.54, 1.807) is 4.90 Å². The van der Waals surface area contributed by atoms with Gasteiger partial charge in [-0.3, -0.25) is 4.90 Å². The second-order valence-electron chi connectivity index (χ2n) is 5.65. The highest BCUT2D eigenvalue weighted by Crippen LogP contribution is 2.22. The number of ether oxygens (including phenoxy) is 1. The molecule has 0 aliphatic carbocycles. The molecule has 1 saturated heterocycles. The van der Waals surface area contributed by atoms with Gasteiger partial charge in [-0.25, -0.2) is 4.79 Å². The summed E-state index contributed by atoms with van der Waals surface area (Å²) in [5.41, 5.74) is 8.83. The number of benzene rings is 2. The molecule has 0 aromatic heterocycles. The highest BCUT2D eigenvalue weighted by atomic mass is 35.5. The highest BCUT2D eigenvalue weighted by molar-refractivity contribution is 6.30. The van der Waals surface area contributed by atoms with Crippen LogP contribution in [0, 0.1) is 0 Å². The molecule has 120 valence electrons. The number of cyclic esters (lactones) is 1. The fraction of sp³-hybridized carbons (Fsp3) is 0.278. The van der Waals surface area contributed by atoms with Crippen LogP contribution in [0.25, 0.3) is 0 Å². The van der Waals surface area contributed by atoms with E-state index in [-0.39, 0.29) is 12.2 Å². The number of amides is 1. The lowest BCUT2D eigenvalue weighted by Gasteiger charge is -2.13. The van der Waals surface area contributed by atoms with E-state index in [0.29, 0.717) is 13.1 Å². The first-order valence-electron chi connectivity index (χ1n) is 7.67. The fourth-order valence-corrected chi connectivity index (χ4v) is 2.89. The normalized spacial score (nSPS) is 17.4. The Kier molecular flexibility index (Phi) is 4.84. The molecule has 4 nitrogen and oxygen atoms in total. The SMILES string of the molecule is NCC1CN(c2ccc(CCc3cccc(Cl)c3)cc2)C(=O)O1. The molecule has 5 heteroatoms. The van der Waals surface area contributed by atoms with Crippen LogP contribution >= 0.6 is 11.6 Å². The number of carbonyl (C=O) groups excluding carboxylic acids is 1. The van der Waals surface area contributed by atoms with Gasteiger partial charge in [0.1, 0.15) is 6.10 Å². The van der Waals surface area contributed by atoms with Crippen LogP contribution in [0.4, 0.5) is 10.5 Å². The zero-order valence-corrected chi connectivity index (χ0v) is 13.5. The molecule has 2 aromatic carbocycles. The van der Waals surface area contributed by atoms with Crippen molar-refractivity contribution in [2.75, 3.05) is 18.0 Å². The summed E-state index contributed by atoms with van der Waals surface area (Å²) in [6.07, 6.45) is 1.31. The van der Waals surface area contributed by atoms with Crippen molar-refractivity contribution in [3.05, 3.63) is 64.7 Å². The van der Waals surface area contributed by atoms with Crippen molar-refractivity contribution in [2.24, 2.45) is 5.73 Å². The molecule has 1 aliphatic rings. The van der Waals surface area contributed by atoms with E-state index < -0.39 is 0 Å². The van der Waals surface area contributed by atoms with Gasteiger partial charge in [-0.05, 0) is 48.2 Å². The summed E-state index contributed by atoms with van der Waals surface area (Å²) >= 11 is 6.00. The molecule has 2 aromatic rings. The smallest absolute Gasteiger partial charge is 0.414 e. The first-order chi connectivity index (χ1) is 11.2. The van der Waals surface area contributed by atoms with Gasteiger partial charge in [0.05, 0.1) is 6.54 Å². The van der Waals surface area contributed by atoms with Gasteiger partial charge in [0.25, 0.3) is 0 Å². The van der Waals surface area contributed by atoms with E-state index in [1.807, 2.05) is 42.5 Å². The number of nitrogens with zero attached hydrogens (tertiary/aromatic N) is 1. The largest absolute Gasteiger partial charge is 0.443 e. The summed E-state index contributed by atoms with van der Waals surface area (Å²) < 4.78 is 5.17. The third-order valence-corrected chi connectivity index (χ3v) is 4.21. The summed E-state index contributed by atoms with van der Waals surface area (Å²) in [4.78, 5) is 13.4. The summed E-state index contributed by atoms with van der Waals surface area (Å²) in [6.45, 7) is 0.858. The van der Waals surface area contributed by atoms with Crippen LogP contribution < -0.4 is 10.6 Å². The summed E-state index contributed by atoms with van der Waals surface area (Å²) in [5, 5.41) is 0.764. The Morgan fingerprint density at radius 3 is 2.52 bits per heavy atom. The molecule has 1 aliphatic heterocycles. The van der Waals surface area contributed by atoms with Crippen molar-refractivity contribution < 1.29 is 9.53 Å². The maximum Gasteiger partial charge on any atom is 0.414 e. The Labute approximate surface area is 140 Å². The van der Waals surface area contributed by atoms with Crippen LogP contribution in [-0.4, -0.2) is 25.3 Å². The van der Waals surface area contributed by atoms with Crippen LogP contribution in [0.15, 0.2) is 48.5 Å². The van der Waals surface area contributed by atoms with E-state index >= 15 is 0 Å². The van der Waals surface area contributed by atoms with Crippen LogP contribution in [0.3, 0.4) is 0 Å². The van der Waals surface area contributed by atoms with Crippen molar-refractivity contribution >= 4 is 23.4 Å². The number of hydrogen-bond acceptors (Lipinski definition) is 3. The fourth-order valence-electron chi connectivity index (χ4n) is 2.68. The number of halogens is 1. The average molecular weight is 331 g/mol. The molecule has 3 rings (SSSR count). The minimum absolute atomic E-state index is 0.218. The second kappa shape index (κ2) is 7.02. The third kappa shape index (κ3) is 3.84. The molecule has 1 fully saturated rings. The quantitative estimate of drug-likeness (QED) is 0.914. The topological polar surface area (TPSA) is 55.6 Å². The number of carbonyl (C=O) groups is 1. The van der Waals surface area contributed by atoms with Crippen LogP contribution in [0.5, 0.6) is 0 Å². The summed E-state index contributed by atoms with van der Waals surface area (Å²) in [7, 11) is 0. The molecule has 23 heavy (non-hydrogen) atoms. The average Bonchev–Trinajstić information content (AvgIpc) is 2.95. The zero-order chi connectivity index (χ0) is 16.2. The van der Waals surface area contributed by atoms with Crippen LogP contribution in [-0.2, 0) is 17.6 Å². The molecule has 1 atom stereocenters. The van der Waals surface area contributed by atoms with Gasteiger partial charge in [-0.2, -0.15) is 0 Å². The van der Waals surface area contributed by atoms with Crippen molar-refractivity contribution in [2.45, 2.75) is 18.9 Å². The van der Waals surface area contributed by atoms with Gasteiger partial charge in [0.2, 0.25) is 0 Å². The maximum atomic E-state index is 11.8. The van der Waals surface area contributed by atoms with Gasteiger partial charge in [0, 0.05) is 17.3 Å². The number of rotatable bonds is 5. The predicted octanol–water partition coefficient (Wildman–Crippen LogP) is 3.41. The lowest BCUT2D eigenvalue weighted by molar-refractivity contribution is 0.145. The third-order valence-electron chi connectivity index (χ3n) is 3.98. The van der Waals surface area contributed by atoms with Crippen molar-refractivity contribution in [3.8, 4) is 0 Å². The number of nitrogens with two attached hydrogens (primary N) is 1. The first-order valence-corrected chi connectivity index (χ1v) is 8.05. The molecule has 2 N–H and O–H groups in total. The zero-order valence-electron chi connectivity index (χ0n) is 12.7. The minimum Gasteiger partial charge on any atom is -0.443 e.